The first-order valence-corrected chi connectivity index (χ1v) is 9.94. The van der Waals surface area contributed by atoms with E-state index in [1.807, 2.05) is 50.3 Å². The molecule has 7 heteroatoms. The van der Waals surface area contributed by atoms with Crippen LogP contribution in [0.25, 0.3) is 0 Å². The molecule has 1 heterocycles. The third kappa shape index (κ3) is 6.43. The Balaban J connectivity index is 1.75. The fourth-order valence-corrected chi connectivity index (χ4v) is 3.82. The highest BCUT2D eigenvalue weighted by Gasteiger charge is 2.46. The standard InChI is InChI=1S/C20H26N2O4S/c1-14(2)9-11-26-17(24)10-12-27-20-18(19(25)22(20)3)21-16(23)13-15-7-5-4-6-8-15/h4-9,18,20H,10-13H2,1-3H3,(H,21,23)/t18-,20-/m1/s1. The topological polar surface area (TPSA) is 75.7 Å². The van der Waals surface area contributed by atoms with Gasteiger partial charge in [0, 0.05) is 12.8 Å². The van der Waals surface area contributed by atoms with E-state index in [1.165, 1.54) is 11.8 Å². The number of hydrogen-bond acceptors (Lipinski definition) is 5. The monoisotopic (exact) mass is 390 g/mol. The number of carbonyl (C=O) groups excluding carboxylic acids is 3. The third-order valence-corrected chi connectivity index (χ3v) is 5.50. The van der Waals surface area contributed by atoms with Crippen LogP contribution in [0, 0.1) is 0 Å². The molecule has 1 aromatic rings. The molecule has 2 atom stereocenters. The van der Waals surface area contributed by atoms with Crippen LogP contribution in [0.1, 0.15) is 25.8 Å². The molecule has 0 saturated carbocycles. The highest BCUT2D eigenvalue weighted by Crippen LogP contribution is 2.29. The smallest absolute Gasteiger partial charge is 0.306 e. The summed E-state index contributed by atoms with van der Waals surface area (Å²) in [6, 6.07) is 8.85. The van der Waals surface area contributed by atoms with E-state index in [0.717, 1.165) is 11.1 Å². The summed E-state index contributed by atoms with van der Waals surface area (Å²) in [5.74, 6) is -0.0292. The van der Waals surface area contributed by atoms with Gasteiger partial charge in [-0.05, 0) is 25.5 Å². The van der Waals surface area contributed by atoms with Gasteiger partial charge < -0.3 is 15.0 Å². The molecule has 6 nitrogen and oxygen atoms in total. The maximum atomic E-state index is 12.2. The predicted octanol–water partition coefficient (Wildman–Crippen LogP) is 2.14. The Morgan fingerprint density at radius 1 is 1.26 bits per heavy atom. The first-order chi connectivity index (χ1) is 12.9. The molecule has 0 bridgehead atoms. The molecule has 0 aromatic heterocycles. The Morgan fingerprint density at radius 3 is 2.63 bits per heavy atom. The maximum absolute atomic E-state index is 12.2. The Labute approximate surface area is 164 Å². The zero-order valence-corrected chi connectivity index (χ0v) is 16.8. The predicted molar refractivity (Wildman–Crippen MR) is 106 cm³/mol. The second-order valence-electron chi connectivity index (χ2n) is 6.63. The number of β-lactam (4-membered cyclic amide) rings is 1. The molecular weight excluding hydrogens is 364 g/mol. The van der Waals surface area contributed by atoms with Gasteiger partial charge in [0.2, 0.25) is 11.8 Å². The van der Waals surface area contributed by atoms with Crippen LogP contribution in [0.3, 0.4) is 0 Å². The van der Waals surface area contributed by atoms with Crippen molar-refractivity contribution in [2.75, 3.05) is 19.4 Å². The van der Waals surface area contributed by atoms with Gasteiger partial charge in [0.05, 0.1) is 12.8 Å². The molecule has 27 heavy (non-hydrogen) atoms. The van der Waals surface area contributed by atoms with Gasteiger partial charge in [0.25, 0.3) is 0 Å². The number of esters is 1. The SMILES string of the molecule is CC(C)=CCOC(=O)CCS[C@@H]1[C@H](NC(=O)Cc2ccccc2)C(=O)N1C. The van der Waals surface area contributed by atoms with E-state index in [1.54, 1.807) is 11.9 Å². The van der Waals surface area contributed by atoms with Crippen LogP contribution in [-0.2, 0) is 25.5 Å². The molecule has 146 valence electrons. The number of thioether (sulfide) groups is 1. The second-order valence-corrected chi connectivity index (χ2v) is 7.86. The molecule has 0 aliphatic carbocycles. The minimum atomic E-state index is -0.544. The number of carbonyl (C=O) groups is 3. The molecule has 1 aromatic carbocycles. The number of allylic oxidation sites excluding steroid dienone is 1. The van der Waals surface area contributed by atoms with Crippen LogP contribution in [0.2, 0.25) is 0 Å². The van der Waals surface area contributed by atoms with Crippen molar-refractivity contribution in [2.24, 2.45) is 0 Å². The van der Waals surface area contributed by atoms with E-state index < -0.39 is 6.04 Å². The number of nitrogens with zero attached hydrogens (tertiary/aromatic N) is 1. The molecule has 0 spiro atoms. The highest BCUT2D eigenvalue weighted by atomic mass is 32.2. The lowest BCUT2D eigenvalue weighted by atomic mass is 10.1. The van der Waals surface area contributed by atoms with Crippen molar-refractivity contribution in [3.63, 3.8) is 0 Å². The van der Waals surface area contributed by atoms with Crippen molar-refractivity contribution in [3.8, 4) is 0 Å². The third-order valence-electron chi connectivity index (χ3n) is 4.14. The summed E-state index contributed by atoms with van der Waals surface area (Å²) in [5.41, 5.74) is 2.00. The zero-order valence-electron chi connectivity index (χ0n) is 15.9. The lowest BCUT2D eigenvalue weighted by molar-refractivity contribution is -0.146. The first kappa shape index (κ1) is 21.0. The molecule has 1 aliphatic heterocycles. The number of nitrogens with one attached hydrogen (secondary N) is 1. The van der Waals surface area contributed by atoms with Gasteiger partial charge in [0.15, 0.2) is 0 Å². The Kier molecular flexibility index (Phi) is 7.91. The average Bonchev–Trinajstić information content (AvgIpc) is 2.64. The maximum Gasteiger partial charge on any atom is 0.306 e. The van der Waals surface area contributed by atoms with Crippen molar-refractivity contribution in [1.29, 1.82) is 0 Å². The summed E-state index contributed by atoms with van der Waals surface area (Å²) >= 11 is 1.47. The van der Waals surface area contributed by atoms with E-state index in [4.69, 9.17) is 4.74 Å². The minimum absolute atomic E-state index is 0.111. The average molecular weight is 391 g/mol. The van der Waals surface area contributed by atoms with Gasteiger partial charge in [-0.2, -0.15) is 0 Å². The van der Waals surface area contributed by atoms with Gasteiger partial charge >= 0.3 is 5.97 Å². The van der Waals surface area contributed by atoms with E-state index in [0.29, 0.717) is 5.75 Å². The number of amides is 2. The Morgan fingerprint density at radius 2 is 1.96 bits per heavy atom. The highest BCUT2D eigenvalue weighted by molar-refractivity contribution is 8.00. The van der Waals surface area contributed by atoms with E-state index in [-0.39, 0.29) is 42.6 Å². The van der Waals surface area contributed by atoms with Gasteiger partial charge in [0.1, 0.15) is 18.0 Å². The number of hydrogen-bond donors (Lipinski definition) is 1. The lowest BCUT2D eigenvalue weighted by Crippen LogP contribution is -2.68. The molecule has 1 aliphatic rings. The molecule has 1 N–H and O–H groups in total. The van der Waals surface area contributed by atoms with Crippen LogP contribution in [0.5, 0.6) is 0 Å². The van der Waals surface area contributed by atoms with Crippen LogP contribution in [0.15, 0.2) is 42.0 Å². The summed E-state index contributed by atoms with van der Waals surface area (Å²) in [4.78, 5) is 37.6. The fraction of sp³-hybridized carbons (Fsp3) is 0.450. The van der Waals surface area contributed by atoms with E-state index in [2.05, 4.69) is 5.32 Å². The molecule has 2 amide bonds. The van der Waals surface area contributed by atoms with Gasteiger partial charge in [-0.25, -0.2) is 0 Å². The summed E-state index contributed by atoms with van der Waals surface area (Å²) in [7, 11) is 1.70. The number of rotatable bonds is 9. The summed E-state index contributed by atoms with van der Waals surface area (Å²) in [5, 5.41) is 2.64. The summed E-state index contributed by atoms with van der Waals surface area (Å²) in [6.07, 6.45) is 2.36. The van der Waals surface area contributed by atoms with Crippen molar-refractivity contribution < 1.29 is 19.1 Å². The summed E-state index contributed by atoms with van der Waals surface area (Å²) in [6.45, 7) is 4.17. The molecule has 0 radical (unpaired) electrons. The lowest BCUT2D eigenvalue weighted by Gasteiger charge is -2.44. The minimum Gasteiger partial charge on any atom is -0.461 e. The van der Waals surface area contributed by atoms with Crippen LogP contribution >= 0.6 is 11.8 Å². The largest absolute Gasteiger partial charge is 0.461 e. The van der Waals surface area contributed by atoms with Gasteiger partial charge in [-0.1, -0.05) is 35.9 Å². The molecular formula is C20H26N2O4S. The van der Waals surface area contributed by atoms with E-state index >= 15 is 0 Å². The first-order valence-electron chi connectivity index (χ1n) is 8.89. The van der Waals surface area contributed by atoms with Crippen LogP contribution in [0.4, 0.5) is 0 Å². The number of likely N-dealkylation sites (N-methyl/N-ethyl adjacent to an activating group) is 1. The molecule has 0 unspecified atom stereocenters. The normalized spacial score (nSPS) is 18.5. The summed E-state index contributed by atoms with van der Waals surface area (Å²) < 4.78 is 5.11. The van der Waals surface area contributed by atoms with Crippen molar-refractivity contribution in [1.82, 2.24) is 10.2 Å². The Bertz CT molecular complexity index is 701. The van der Waals surface area contributed by atoms with Gasteiger partial charge in [-0.3, -0.25) is 14.4 Å². The van der Waals surface area contributed by atoms with Crippen molar-refractivity contribution in [3.05, 3.63) is 47.5 Å². The zero-order chi connectivity index (χ0) is 19.8. The quantitative estimate of drug-likeness (QED) is 0.397. The second kappa shape index (κ2) is 10.2. The Hall–Kier alpha value is -2.28. The molecule has 2 rings (SSSR count). The van der Waals surface area contributed by atoms with Crippen LogP contribution in [-0.4, -0.2) is 53.5 Å². The molecule has 1 saturated heterocycles. The fourth-order valence-electron chi connectivity index (χ4n) is 2.59. The number of ether oxygens (including phenoxy) is 1. The number of likely N-dealkylation sites (tertiary alicyclic amines) is 1. The number of benzene rings is 1. The molecule has 1 fully saturated rings. The van der Waals surface area contributed by atoms with Crippen molar-refractivity contribution in [2.45, 2.75) is 38.1 Å². The van der Waals surface area contributed by atoms with Crippen LogP contribution < -0.4 is 5.32 Å². The van der Waals surface area contributed by atoms with Crippen molar-refractivity contribution >= 4 is 29.5 Å². The van der Waals surface area contributed by atoms with Gasteiger partial charge in [-0.15, -0.1) is 11.8 Å². The van der Waals surface area contributed by atoms with E-state index in [9.17, 15) is 14.4 Å².